The third-order valence-corrected chi connectivity index (χ3v) is 5.25. The van der Waals surface area contributed by atoms with Crippen LogP contribution >= 0.6 is 19.4 Å². The van der Waals surface area contributed by atoms with Crippen LogP contribution in [0.3, 0.4) is 0 Å². The van der Waals surface area contributed by atoms with Gasteiger partial charge in [-0.05, 0) is 30.3 Å². The summed E-state index contributed by atoms with van der Waals surface area (Å²) < 4.78 is 41.9. The fourth-order valence-electron chi connectivity index (χ4n) is 2.29. The molecule has 2 aromatic rings. The van der Waals surface area contributed by atoms with Gasteiger partial charge in [0.25, 0.3) is 5.69 Å². The van der Waals surface area contributed by atoms with Gasteiger partial charge in [-0.2, -0.15) is 0 Å². The van der Waals surface area contributed by atoms with Crippen molar-refractivity contribution < 1.29 is 27.5 Å². The zero-order valence-electron chi connectivity index (χ0n) is 12.6. The Hall–Kier alpha value is -1.99. The number of hydrogen-bond donors (Lipinski definition) is 0. The van der Waals surface area contributed by atoms with E-state index in [0.29, 0.717) is 12.0 Å². The highest BCUT2D eigenvalue weighted by atomic mass is 35.5. The van der Waals surface area contributed by atoms with E-state index < -0.39 is 24.7 Å². The van der Waals surface area contributed by atoms with E-state index in [4.69, 9.17) is 25.2 Å². The smallest absolute Gasteiger partial charge is 0.404 e. The predicted octanol–water partition coefficient (Wildman–Crippen LogP) is 5.05. The van der Waals surface area contributed by atoms with Gasteiger partial charge in [-0.15, -0.1) is 0 Å². The third kappa shape index (κ3) is 4.16. The van der Waals surface area contributed by atoms with Crippen LogP contribution in [-0.4, -0.2) is 11.5 Å². The van der Waals surface area contributed by atoms with Gasteiger partial charge in [-0.1, -0.05) is 11.6 Å². The molecule has 2 atom stereocenters. The monoisotopic (exact) mass is 387 g/mol. The second-order valence-electron chi connectivity index (χ2n) is 5.17. The van der Waals surface area contributed by atoms with Gasteiger partial charge < -0.3 is 4.52 Å². The molecule has 0 unspecified atom stereocenters. The summed E-state index contributed by atoms with van der Waals surface area (Å²) >= 11 is 6.05. The summed E-state index contributed by atoms with van der Waals surface area (Å²) in [5.41, 5.74) is 0.207. The van der Waals surface area contributed by atoms with E-state index in [1.54, 1.807) is 0 Å². The fourth-order valence-corrected chi connectivity index (χ4v) is 3.93. The first-order valence-electron chi connectivity index (χ1n) is 7.18. The molecule has 3 rings (SSSR count). The Labute approximate surface area is 147 Å². The zero-order valence-corrected chi connectivity index (χ0v) is 14.3. The molecule has 25 heavy (non-hydrogen) atoms. The van der Waals surface area contributed by atoms with Crippen LogP contribution in [0.1, 0.15) is 18.1 Å². The van der Waals surface area contributed by atoms with E-state index in [0.717, 1.165) is 0 Å². The van der Waals surface area contributed by atoms with Crippen LogP contribution in [-0.2, 0) is 13.6 Å². The van der Waals surface area contributed by atoms with Crippen molar-refractivity contribution in [2.75, 3.05) is 6.61 Å². The minimum atomic E-state index is -3.98. The van der Waals surface area contributed by atoms with Crippen molar-refractivity contribution in [3.8, 4) is 5.75 Å². The number of nitrogens with zero attached hydrogens (tertiary/aromatic N) is 1. The lowest BCUT2D eigenvalue weighted by Crippen LogP contribution is -2.17. The number of hydrogen-bond acceptors (Lipinski definition) is 6. The van der Waals surface area contributed by atoms with Crippen molar-refractivity contribution in [3.63, 3.8) is 0 Å². The first-order chi connectivity index (χ1) is 11.9. The first-order valence-corrected chi connectivity index (χ1v) is 9.02. The Morgan fingerprint density at radius 1 is 1.28 bits per heavy atom. The molecule has 10 heteroatoms. The molecule has 132 valence electrons. The number of nitro groups is 1. The molecule has 0 amide bonds. The van der Waals surface area contributed by atoms with E-state index >= 15 is 0 Å². The lowest BCUT2D eigenvalue weighted by molar-refractivity contribution is -0.384. The normalized spacial score (nSPS) is 23.2. The van der Waals surface area contributed by atoms with Crippen molar-refractivity contribution in [2.45, 2.75) is 12.5 Å². The highest BCUT2D eigenvalue weighted by Crippen LogP contribution is 2.57. The van der Waals surface area contributed by atoms with Gasteiger partial charge in [-0.25, -0.2) is 8.96 Å². The predicted molar refractivity (Wildman–Crippen MR) is 87.1 cm³/mol. The molecular formula is C15H12ClFNO6P. The van der Waals surface area contributed by atoms with Crippen molar-refractivity contribution >= 4 is 25.1 Å². The molecule has 1 saturated heterocycles. The summed E-state index contributed by atoms with van der Waals surface area (Å²) in [5.74, 6) is -0.416. The number of phosphoric ester groups is 1. The van der Waals surface area contributed by atoms with Crippen molar-refractivity contribution in [1.82, 2.24) is 0 Å². The largest absolute Gasteiger partial charge is 0.530 e. The quantitative estimate of drug-likeness (QED) is 0.414. The van der Waals surface area contributed by atoms with E-state index in [2.05, 4.69) is 0 Å². The number of nitro benzene ring substituents is 1. The van der Waals surface area contributed by atoms with Crippen molar-refractivity contribution in [2.24, 2.45) is 0 Å². The highest BCUT2D eigenvalue weighted by molar-refractivity contribution is 7.49. The molecule has 0 aliphatic carbocycles. The molecule has 2 aromatic carbocycles. The number of halogens is 2. The van der Waals surface area contributed by atoms with Gasteiger partial charge in [0.15, 0.2) is 0 Å². The van der Waals surface area contributed by atoms with Crippen molar-refractivity contribution in [1.29, 1.82) is 0 Å². The summed E-state index contributed by atoms with van der Waals surface area (Å²) in [5, 5.41) is 10.9. The summed E-state index contributed by atoms with van der Waals surface area (Å²) in [7, 11) is -3.98. The van der Waals surface area contributed by atoms with Crippen LogP contribution in [0.5, 0.6) is 5.75 Å². The van der Waals surface area contributed by atoms with Gasteiger partial charge in [0.05, 0.1) is 17.6 Å². The molecule has 0 bridgehead atoms. The molecule has 0 radical (unpaired) electrons. The van der Waals surface area contributed by atoms with Crippen molar-refractivity contribution in [3.05, 3.63) is 69.0 Å². The molecule has 0 saturated carbocycles. The second kappa shape index (κ2) is 7.09. The standard InChI is InChI=1S/C15H12ClFNO6P/c16-14-6-1-10(17)9-13(14)15-7-8-22-25(21,24-15)23-12-4-2-11(3-5-12)18(19)20/h1-6,9,15H,7-8H2/t15-,25-/m1/s1. The van der Waals surface area contributed by atoms with Crippen LogP contribution in [0, 0.1) is 15.9 Å². The minimum Gasteiger partial charge on any atom is -0.404 e. The Morgan fingerprint density at radius 3 is 2.68 bits per heavy atom. The highest BCUT2D eigenvalue weighted by Gasteiger charge is 2.38. The van der Waals surface area contributed by atoms with Crippen LogP contribution in [0.25, 0.3) is 0 Å². The maximum Gasteiger partial charge on any atom is 0.530 e. The summed E-state index contributed by atoms with van der Waals surface area (Å²) in [6.45, 7) is 0.0573. The SMILES string of the molecule is O=[N+]([O-])c1ccc(O[P@@]2(=O)OCC[C@H](c3cc(F)ccc3Cl)O2)cc1. The minimum absolute atomic E-state index is 0.0573. The molecule has 1 fully saturated rings. The molecule has 0 aromatic heterocycles. The average Bonchev–Trinajstić information content (AvgIpc) is 2.57. The van der Waals surface area contributed by atoms with Crippen LogP contribution < -0.4 is 4.52 Å². The van der Waals surface area contributed by atoms with E-state index in [9.17, 15) is 19.1 Å². The summed E-state index contributed by atoms with van der Waals surface area (Å²) in [6.07, 6.45) is -0.447. The molecular weight excluding hydrogens is 376 g/mol. The van der Waals surface area contributed by atoms with Crippen LogP contribution in [0.2, 0.25) is 5.02 Å². The maximum absolute atomic E-state index is 13.4. The van der Waals surface area contributed by atoms with E-state index in [1.807, 2.05) is 0 Å². The molecule has 1 aliphatic heterocycles. The lowest BCUT2D eigenvalue weighted by Gasteiger charge is -2.29. The Bertz CT molecular complexity index is 846. The van der Waals surface area contributed by atoms with Gasteiger partial charge >= 0.3 is 7.82 Å². The Balaban J connectivity index is 1.78. The van der Waals surface area contributed by atoms with E-state index in [1.165, 1.54) is 42.5 Å². The first kappa shape index (κ1) is 17.8. The van der Waals surface area contributed by atoms with Gasteiger partial charge in [-0.3, -0.25) is 19.2 Å². The summed E-state index contributed by atoms with van der Waals surface area (Å²) in [6, 6.07) is 8.76. The van der Waals surface area contributed by atoms with Gasteiger partial charge in [0.1, 0.15) is 11.6 Å². The molecule has 7 nitrogen and oxygen atoms in total. The molecule has 1 heterocycles. The van der Waals surface area contributed by atoms with Gasteiger partial charge in [0, 0.05) is 29.1 Å². The number of non-ortho nitro benzene ring substituents is 1. The average molecular weight is 388 g/mol. The fraction of sp³-hybridized carbons (Fsp3) is 0.200. The topological polar surface area (TPSA) is 87.9 Å². The number of rotatable bonds is 4. The zero-order chi connectivity index (χ0) is 18.0. The van der Waals surface area contributed by atoms with Gasteiger partial charge in [0.2, 0.25) is 0 Å². The number of benzene rings is 2. The Kier molecular flexibility index (Phi) is 5.06. The van der Waals surface area contributed by atoms with Crippen LogP contribution in [0.4, 0.5) is 10.1 Å². The molecule has 0 N–H and O–H groups in total. The lowest BCUT2D eigenvalue weighted by atomic mass is 10.1. The molecule has 0 spiro atoms. The van der Waals surface area contributed by atoms with Crippen LogP contribution in [0.15, 0.2) is 42.5 Å². The second-order valence-corrected chi connectivity index (χ2v) is 7.12. The number of phosphoric acid groups is 1. The third-order valence-electron chi connectivity index (χ3n) is 3.46. The maximum atomic E-state index is 13.4. The molecule has 1 aliphatic rings. The van der Waals surface area contributed by atoms with E-state index in [-0.39, 0.29) is 23.1 Å². The summed E-state index contributed by atoms with van der Waals surface area (Å²) in [4.78, 5) is 10.1. The Morgan fingerprint density at radius 2 is 2.00 bits per heavy atom.